The molecule has 3 N–H and O–H groups in total. The van der Waals surface area contributed by atoms with Gasteiger partial charge in [-0.1, -0.05) is 6.92 Å². The number of rotatable bonds is 3. The maximum absolute atomic E-state index is 13.4. The Labute approximate surface area is 92.9 Å². The molecule has 0 fully saturated rings. The zero-order valence-electron chi connectivity index (χ0n) is 8.83. The van der Waals surface area contributed by atoms with Crippen LogP contribution in [-0.4, -0.2) is 11.9 Å². The number of hydrogen-bond donors (Lipinski definition) is 2. The van der Waals surface area contributed by atoms with Crippen LogP contribution >= 0.6 is 0 Å². The van der Waals surface area contributed by atoms with Crippen LogP contribution in [0.15, 0.2) is 18.2 Å². The first-order chi connectivity index (χ1) is 7.58. The molecule has 0 saturated carbocycles. The van der Waals surface area contributed by atoms with E-state index in [2.05, 4.69) is 5.32 Å². The lowest BCUT2D eigenvalue weighted by Gasteiger charge is -2.10. The van der Waals surface area contributed by atoms with Crippen molar-refractivity contribution in [2.24, 2.45) is 5.73 Å². The van der Waals surface area contributed by atoms with Gasteiger partial charge in [0.05, 0.1) is 23.4 Å². The zero-order valence-corrected chi connectivity index (χ0v) is 8.83. The molecule has 0 heterocycles. The summed E-state index contributed by atoms with van der Waals surface area (Å²) < 4.78 is 13.4. The minimum atomic E-state index is -0.657. The topological polar surface area (TPSA) is 78.9 Å². The molecule has 0 aliphatic rings. The third-order valence-electron chi connectivity index (χ3n) is 2.13. The van der Waals surface area contributed by atoms with E-state index in [-0.39, 0.29) is 11.3 Å². The predicted molar refractivity (Wildman–Crippen MR) is 58.0 cm³/mol. The third-order valence-corrected chi connectivity index (χ3v) is 2.13. The number of carbonyl (C=O) groups excluding carboxylic acids is 1. The molecule has 0 radical (unpaired) electrons. The summed E-state index contributed by atoms with van der Waals surface area (Å²) in [5, 5.41) is 10.9. The molecule has 0 bridgehead atoms. The Balaban J connectivity index is 2.83. The number of nitrogens with one attached hydrogen (secondary N) is 1. The summed E-state index contributed by atoms with van der Waals surface area (Å²) in [6, 6.07) is 4.98. The fraction of sp³-hybridized carbons (Fsp3) is 0.273. The molecule has 84 valence electrons. The van der Waals surface area contributed by atoms with Gasteiger partial charge in [0.25, 0.3) is 0 Å². The molecule has 0 unspecified atom stereocenters. The smallest absolute Gasteiger partial charge is 0.241 e. The molecule has 1 aromatic rings. The van der Waals surface area contributed by atoms with Gasteiger partial charge in [0.15, 0.2) is 0 Å². The molecular formula is C11H12FN3O. The Morgan fingerprint density at radius 1 is 1.69 bits per heavy atom. The molecule has 0 spiro atoms. The van der Waals surface area contributed by atoms with E-state index in [1.54, 1.807) is 13.0 Å². The summed E-state index contributed by atoms with van der Waals surface area (Å²) in [7, 11) is 0. The van der Waals surface area contributed by atoms with E-state index in [1.807, 2.05) is 0 Å². The van der Waals surface area contributed by atoms with Crippen LogP contribution in [0.2, 0.25) is 0 Å². The number of nitrogens with two attached hydrogens (primary N) is 1. The Hall–Kier alpha value is -1.93. The van der Waals surface area contributed by atoms with Crippen molar-refractivity contribution in [2.75, 3.05) is 5.32 Å². The number of halogens is 1. The van der Waals surface area contributed by atoms with Gasteiger partial charge in [-0.15, -0.1) is 0 Å². The summed E-state index contributed by atoms with van der Waals surface area (Å²) in [6.45, 7) is 1.76. The van der Waals surface area contributed by atoms with Crippen LogP contribution in [-0.2, 0) is 4.79 Å². The molecule has 0 saturated heterocycles. The lowest BCUT2D eigenvalue weighted by atomic mass is 10.2. The Kier molecular flexibility index (Phi) is 3.97. The summed E-state index contributed by atoms with van der Waals surface area (Å²) >= 11 is 0. The van der Waals surface area contributed by atoms with Crippen LogP contribution in [0.3, 0.4) is 0 Å². The van der Waals surface area contributed by atoms with Gasteiger partial charge in [-0.3, -0.25) is 4.79 Å². The fourth-order valence-electron chi connectivity index (χ4n) is 1.10. The van der Waals surface area contributed by atoms with E-state index in [0.717, 1.165) is 6.07 Å². The van der Waals surface area contributed by atoms with Crippen molar-refractivity contribution in [3.05, 3.63) is 29.6 Å². The van der Waals surface area contributed by atoms with E-state index in [1.165, 1.54) is 12.1 Å². The van der Waals surface area contributed by atoms with Crippen molar-refractivity contribution >= 4 is 11.6 Å². The summed E-state index contributed by atoms with van der Waals surface area (Å²) in [5.41, 5.74) is 5.72. The first-order valence-electron chi connectivity index (χ1n) is 4.84. The van der Waals surface area contributed by atoms with Crippen LogP contribution < -0.4 is 11.1 Å². The molecule has 0 aliphatic carbocycles. The Morgan fingerprint density at radius 3 is 2.88 bits per heavy atom. The highest BCUT2D eigenvalue weighted by atomic mass is 19.1. The summed E-state index contributed by atoms with van der Waals surface area (Å²) in [6.07, 6.45) is 0.476. The monoisotopic (exact) mass is 221 g/mol. The van der Waals surface area contributed by atoms with Crippen LogP contribution in [0.5, 0.6) is 0 Å². The van der Waals surface area contributed by atoms with E-state index >= 15 is 0 Å². The molecule has 1 atom stereocenters. The highest BCUT2D eigenvalue weighted by Crippen LogP contribution is 2.15. The molecule has 5 heteroatoms. The predicted octanol–water partition coefficient (Wildman–Crippen LogP) is 1.37. The average Bonchev–Trinajstić information content (AvgIpc) is 2.30. The summed E-state index contributed by atoms with van der Waals surface area (Å²) in [4.78, 5) is 11.4. The van der Waals surface area contributed by atoms with E-state index < -0.39 is 17.8 Å². The molecule has 0 aromatic heterocycles. The van der Waals surface area contributed by atoms with Crippen LogP contribution in [0.4, 0.5) is 10.1 Å². The minimum absolute atomic E-state index is 0.0351. The van der Waals surface area contributed by atoms with Gasteiger partial charge in [-0.2, -0.15) is 5.26 Å². The van der Waals surface area contributed by atoms with Crippen molar-refractivity contribution in [1.29, 1.82) is 5.26 Å². The highest BCUT2D eigenvalue weighted by molar-refractivity contribution is 5.94. The molecule has 1 amide bonds. The number of carbonyl (C=O) groups is 1. The van der Waals surface area contributed by atoms with Crippen molar-refractivity contribution in [3.63, 3.8) is 0 Å². The van der Waals surface area contributed by atoms with Gasteiger partial charge in [0.1, 0.15) is 5.82 Å². The van der Waals surface area contributed by atoms with E-state index in [9.17, 15) is 9.18 Å². The summed E-state index contributed by atoms with van der Waals surface area (Å²) in [5.74, 6) is -1.08. The first kappa shape index (κ1) is 12.1. The van der Waals surface area contributed by atoms with Gasteiger partial charge >= 0.3 is 0 Å². The van der Waals surface area contributed by atoms with Crippen LogP contribution in [0.25, 0.3) is 0 Å². The van der Waals surface area contributed by atoms with Gasteiger partial charge in [-0.25, -0.2) is 4.39 Å². The number of anilines is 1. The van der Waals surface area contributed by atoms with Gasteiger partial charge < -0.3 is 11.1 Å². The molecule has 1 aromatic carbocycles. The average molecular weight is 221 g/mol. The third kappa shape index (κ3) is 2.78. The minimum Gasteiger partial charge on any atom is -0.322 e. The van der Waals surface area contributed by atoms with Crippen LogP contribution in [0.1, 0.15) is 18.9 Å². The maximum Gasteiger partial charge on any atom is 0.241 e. The lowest BCUT2D eigenvalue weighted by molar-refractivity contribution is -0.117. The van der Waals surface area contributed by atoms with Gasteiger partial charge in [0, 0.05) is 0 Å². The largest absolute Gasteiger partial charge is 0.322 e. The first-order valence-corrected chi connectivity index (χ1v) is 4.84. The molecule has 1 rings (SSSR count). The molecule has 0 aliphatic heterocycles. The SMILES string of the molecule is CC[C@H](N)C(=O)Nc1ccc(C#N)cc1F. The highest BCUT2D eigenvalue weighted by Gasteiger charge is 2.13. The number of amides is 1. The van der Waals surface area contributed by atoms with Crippen molar-refractivity contribution in [3.8, 4) is 6.07 Å². The zero-order chi connectivity index (χ0) is 12.1. The van der Waals surface area contributed by atoms with Crippen molar-refractivity contribution in [2.45, 2.75) is 19.4 Å². The lowest BCUT2D eigenvalue weighted by Crippen LogP contribution is -2.35. The fourth-order valence-corrected chi connectivity index (χ4v) is 1.10. The van der Waals surface area contributed by atoms with Gasteiger partial charge in [0.2, 0.25) is 5.91 Å². The van der Waals surface area contributed by atoms with E-state index in [4.69, 9.17) is 11.0 Å². The second-order valence-corrected chi connectivity index (χ2v) is 3.31. The van der Waals surface area contributed by atoms with Crippen LogP contribution in [0, 0.1) is 17.1 Å². The standard InChI is InChI=1S/C11H12FN3O/c1-2-9(14)11(16)15-10-4-3-7(6-13)5-8(10)12/h3-5,9H,2,14H2,1H3,(H,15,16)/t9-/m0/s1. The second kappa shape index (κ2) is 5.24. The quantitative estimate of drug-likeness (QED) is 0.809. The maximum atomic E-state index is 13.4. The van der Waals surface area contributed by atoms with Crippen molar-refractivity contribution in [1.82, 2.24) is 0 Å². The Morgan fingerprint density at radius 2 is 2.38 bits per heavy atom. The van der Waals surface area contributed by atoms with Gasteiger partial charge in [-0.05, 0) is 24.6 Å². The van der Waals surface area contributed by atoms with E-state index in [0.29, 0.717) is 6.42 Å². The molecule has 4 nitrogen and oxygen atoms in total. The molecular weight excluding hydrogens is 209 g/mol. The normalized spacial score (nSPS) is 11.6. The Bertz CT molecular complexity index is 439. The molecule has 16 heavy (non-hydrogen) atoms. The number of hydrogen-bond acceptors (Lipinski definition) is 3. The van der Waals surface area contributed by atoms with Crippen molar-refractivity contribution < 1.29 is 9.18 Å². The number of nitrogens with zero attached hydrogens (tertiary/aromatic N) is 1. The second-order valence-electron chi connectivity index (χ2n) is 3.31. The number of benzene rings is 1. The number of nitriles is 1.